The van der Waals surface area contributed by atoms with Crippen LogP contribution in [-0.2, 0) is 14.4 Å². The van der Waals surface area contributed by atoms with Crippen molar-refractivity contribution in [3.63, 3.8) is 0 Å². The molecule has 0 spiro atoms. The van der Waals surface area contributed by atoms with Gasteiger partial charge in [-0.1, -0.05) is 18.3 Å². The van der Waals surface area contributed by atoms with Gasteiger partial charge in [0.05, 0.1) is 0 Å². The van der Waals surface area contributed by atoms with E-state index >= 15 is 0 Å². The molecule has 108 valence electrons. The summed E-state index contributed by atoms with van der Waals surface area (Å²) < 4.78 is 0. The van der Waals surface area contributed by atoms with Crippen LogP contribution in [0.2, 0.25) is 0 Å². The Morgan fingerprint density at radius 1 is 1.16 bits per heavy atom. The SMILES string of the molecule is C=C(C)C(=O)SCC(CNC(C)=O)C(C)NC(C)=O. The molecule has 0 fully saturated rings. The van der Waals surface area contributed by atoms with Crippen molar-refractivity contribution in [2.24, 2.45) is 5.92 Å². The third-order valence-corrected chi connectivity index (χ3v) is 3.73. The lowest BCUT2D eigenvalue weighted by Crippen LogP contribution is -2.43. The average Bonchev–Trinajstić information content (AvgIpc) is 2.26. The van der Waals surface area contributed by atoms with Crippen LogP contribution in [0.3, 0.4) is 0 Å². The lowest BCUT2D eigenvalue weighted by Gasteiger charge is -2.24. The van der Waals surface area contributed by atoms with Gasteiger partial charge >= 0.3 is 0 Å². The Balaban J connectivity index is 4.47. The Bertz CT molecular complexity index is 369. The van der Waals surface area contributed by atoms with Crippen LogP contribution < -0.4 is 10.6 Å². The standard InChI is InChI=1S/C13H22N2O3S/c1-8(2)13(18)19-7-12(6-14-10(4)16)9(3)15-11(5)17/h9,12H,1,6-7H2,2-5H3,(H,14,16)(H,15,17). The summed E-state index contributed by atoms with van der Waals surface area (Å²) in [5.41, 5.74) is 0.496. The number of hydrogen-bond acceptors (Lipinski definition) is 4. The molecule has 2 atom stereocenters. The Labute approximate surface area is 118 Å². The molecule has 0 aliphatic carbocycles. The van der Waals surface area contributed by atoms with Gasteiger partial charge < -0.3 is 10.6 Å². The van der Waals surface area contributed by atoms with Crippen LogP contribution in [0.5, 0.6) is 0 Å². The Morgan fingerprint density at radius 2 is 1.74 bits per heavy atom. The van der Waals surface area contributed by atoms with Crippen LogP contribution in [0.15, 0.2) is 12.2 Å². The van der Waals surface area contributed by atoms with Crippen molar-refractivity contribution in [3.05, 3.63) is 12.2 Å². The first-order valence-corrected chi connectivity index (χ1v) is 7.06. The molecular formula is C13H22N2O3S. The van der Waals surface area contributed by atoms with Crippen LogP contribution in [0.25, 0.3) is 0 Å². The maximum absolute atomic E-state index is 11.5. The molecule has 2 unspecified atom stereocenters. The minimum Gasteiger partial charge on any atom is -0.356 e. The lowest BCUT2D eigenvalue weighted by molar-refractivity contribution is -0.119. The van der Waals surface area contributed by atoms with Gasteiger partial charge in [0.2, 0.25) is 16.9 Å². The molecule has 0 aliphatic heterocycles. The molecule has 5 nitrogen and oxygen atoms in total. The largest absolute Gasteiger partial charge is 0.356 e. The summed E-state index contributed by atoms with van der Waals surface area (Å²) in [5.74, 6) is 0.252. The van der Waals surface area contributed by atoms with E-state index in [1.54, 1.807) is 6.92 Å². The molecule has 0 heterocycles. The summed E-state index contributed by atoms with van der Waals surface area (Å²) in [6.07, 6.45) is 0. The highest BCUT2D eigenvalue weighted by Gasteiger charge is 2.20. The molecule has 0 aromatic carbocycles. The molecule has 0 aliphatic rings. The number of carbonyl (C=O) groups is 3. The zero-order chi connectivity index (χ0) is 15.0. The second kappa shape index (κ2) is 8.74. The van der Waals surface area contributed by atoms with Crippen LogP contribution in [-0.4, -0.2) is 35.3 Å². The second-order valence-corrected chi connectivity index (χ2v) is 5.56. The Hall–Kier alpha value is -1.30. The molecule has 6 heteroatoms. The molecule has 19 heavy (non-hydrogen) atoms. The van der Waals surface area contributed by atoms with Crippen LogP contribution in [0.4, 0.5) is 0 Å². The zero-order valence-corrected chi connectivity index (χ0v) is 12.7. The summed E-state index contributed by atoms with van der Waals surface area (Å²) in [4.78, 5) is 33.5. The van der Waals surface area contributed by atoms with Crippen molar-refractivity contribution >= 4 is 28.7 Å². The van der Waals surface area contributed by atoms with Gasteiger partial charge in [-0.15, -0.1) is 0 Å². The van der Waals surface area contributed by atoms with E-state index in [1.807, 2.05) is 6.92 Å². The highest BCUT2D eigenvalue weighted by atomic mass is 32.2. The van der Waals surface area contributed by atoms with Crippen molar-refractivity contribution in [3.8, 4) is 0 Å². The summed E-state index contributed by atoms with van der Waals surface area (Å²) >= 11 is 1.16. The summed E-state index contributed by atoms with van der Waals surface area (Å²) in [6, 6.07) is -0.116. The fourth-order valence-corrected chi connectivity index (χ4v) is 2.42. The molecule has 0 saturated heterocycles. The fraction of sp³-hybridized carbons (Fsp3) is 0.615. The smallest absolute Gasteiger partial charge is 0.217 e. The van der Waals surface area contributed by atoms with Gasteiger partial charge in [0.1, 0.15) is 0 Å². The van der Waals surface area contributed by atoms with Gasteiger partial charge in [0, 0.05) is 38.1 Å². The van der Waals surface area contributed by atoms with Gasteiger partial charge in [0.15, 0.2) is 0 Å². The van der Waals surface area contributed by atoms with Crippen molar-refractivity contribution in [2.75, 3.05) is 12.3 Å². The number of amides is 2. The van der Waals surface area contributed by atoms with E-state index in [0.29, 0.717) is 17.9 Å². The predicted octanol–water partition coefficient (Wildman–Crippen LogP) is 1.10. The number of rotatable bonds is 7. The summed E-state index contributed by atoms with van der Waals surface area (Å²) in [7, 11) is 0. The zero-order valence-electron chi connectivity index (χ0n) is 11.9. The van der Waals surface area contributed by atoms with E-state index in [1.165, 1.54) is 13.8 Å². The topological polar surface area (TPSA) is 75.3 Å². The van der Waals surface area contributed by atoms with Gasteiger partial charge in [-0.25, -0.2) is 0 Å². The van der Waals surface area contributed by atoms with Gasteiger partial charge in [0.25, 0.3) is 0 Å². The molecule has 2 amide bonds. The molecular weight excluding hydrogens is 264 g/mol. The van der Waals surface area contributed by atoms with E-state index in [4.69, 9.17) is 0 Å². The van der Waals surface area contributed by atoms with Crippen LogP contribution >= 0.6 is 11.8 Å². The van der Waals surface area contributed by atoms with E-state index in [0.717, 1.165) is 11.8 Å². The maximum Gasteiger partial charge on any atom is 0.217 e. The van der Waals surface area contributed by atoms with E-state index < -0.39 is 0 Å². The minimum atomic E-state index is -0.128. The normalized spacial score (nSPS) is 13.3. The van der Waals surface area contributed by atoms with E-state index in [-0.39, 0.29) is 28.9 Å². The minimum absolute atomic E-state index is 0.0129. The number of nitrogens with one attached hydrogen (secondary N) is 2. The molecule has 0 aromatic heterocycles. The van der Waals surface area contributed by atoms with Crippen molar-refractivity contribution in [1.29, 1.82) is 0 Å². The van der Waals surface area contributed by atoms with Crippen molar-refractivity contribution in [2.45, 2.75) is 33.7 Å². The quantitative estimate of drug-likeness (QED) is 0.687. The monoisotopic (exact) mass is 286 g/mol. The molecule has 0 aromatic rings. The molecule has 0 rings (SSSR count). The first-order valence-electron chi connectivity index (χ1n) is 6.08. The molecule has 0 bridgehead atoms. The molecule has 0 saturated carbocycles. The third kappa shape index (κ3) is 8.42. The highest BCUT2D eigenvalue weighted by molar-refractivity contribution is 8.14. The van der Waals surface area contributed by atoms with E-state index in [2.05, 4.69) is 17.2 Å². The van der Waals surface area contributed by atoms with Gasteiger partial charge in [-0.05, 0) is 19.4 Å². The van der Waals surface area contributed by atoms with Gasteiger partial charge in [-0.2, -0.15) is 0 Å². The summed E-state index contributed by atoms with van der Waals surface area (Å²) in [5, 5.41) is 5.43. The Kier molecular flexibility index (Phi) is 8.14. The number of hydrogen-bond donors (Lipinski definition) is 2. The van der Waals surface area contributed by atoms with Crippen LogP contribution in [0, 0.1) is 5.92 Å². The highest BCUT2D eigenvalue weighted by Crippen LogP contribution is 2.16. The second-order valence-electron chi connectivity index (χ2n) is 4.57. The maximum atomic E-state index is 11.5. The predicted molar refractivity (Wildman–Crippen MR) is 77.7 cm³/mol. The Morgan fingerprint density at radius 3 is 2.16 bits per heavy atom. The molecule has 2 N–H and O–H groups in total. The lowest BCUT2D eigenvalue weighted by atomic mass is 10.0. The first kappa shape index (κ1) is 17.7. The van der Waals surface area contributed by atoms with Crippen molar-refractivity contribution in [1.82, 2.24) is 10.6 Å². The summed E-state index contributed by atoms with van der Waals surface area (Å²) in [6.45, 7) is 10.4. The van der Waals surface area contributed by atoms with Crippen molar-refractivity contribution < 1.29 is 14.4 Å². The fourth-order valence-electron chi connectivity index (χ4n) is 1.40. The van der Waals surface area contributed by atoms with E-state index in [9.17, 15) is 14.4 Å². The number of thioether (sulfide) groups is 1. The van der Waals surface area contributed by atoms with Crippen LogP contribution in [0.1, 0.15) is 27.7 Å². The first-order chi connectivity index (χ1) is 8.73. The van der Waals surface area contributed by atoms with Gasteiger partial charge in [-0.3, -0.25) is 14.4 Å². The number of carbonyl (C=O) groups excluding carboxylic acids is 3. The third-order valence-electron chi connectivity index (χ3n) is 2.53. The average molecular weight is 286 g/mol. The molecule has 0 radical (unpaired) electrons.